The first-order valence-corrected chi connectivity index (χ1v) is 11.8. The highest BCUT2D eigenvalue weighted by molar-refractivity contribution is 7.78. The van der Waals surface area contributed by atoms with Gasteiger partial charge in [-0.25, -0.2) is 8.78 Å². The first kappa shape index (κ1) is 25.6. The van der Waals surface area contributed by atoms with E-state index < -0.39 is 17.3 Å². The second-order valence-corrected chi connectivity index (χ2v) is 7.94. The van der Waals surface area contributed by atoms with E-state index in [0.717, 1.165) is 41.7 Å². The predicted molar refractivity (Wildman–Crippen MR) is 142 cm³/mol. The van der Waals surface area contributed by atoms with E-state index in [1.807, 2.05) is 53.7 Å². The van der Waals surface area contributed by atoms with Gasteiger partial charge in [0.1, 0.15) is 5.69 Å². The summed E-state index contributed by atoms with van der Waals surface area (Å²) in [5, 5.41) is 1.96. The van der Waals surface area contributed by atoms with E-state index in [0.29, 0.717) is 5.56 Å². The number of nitrogens with zero attached hydrogens (tertiary/aromatic N) is 1. The first-order chi connectivity index (χ1) is 17.1. The molecule has 0 atom stereocenters. The van der Waals surface area contributed by atoms with Crippen LogP contribution in [0.15, 0.2) is 65.7 Å². The molecule has 3 aromatic carbocycles. The van der Waals surface area contributed by atoms with Crippen molar-refractivity contribution in [1.29, 1.82) is 0 Å². The molecule has 0 spiro atoms. The summed E-state index contributed by atoms with van der Waals surface area (Å²) in [5.74, 6) is 16.7. The van der Waals surface area contributed by atoms with Crippen LogP contribution in [-0.4, -0.2) is 5.16 Å². The van der Waals surface area contributed by atoms with Gasteiger partial charge in [0.05, 0.1) is 5.16 Å². The van der Waals surface area contributed by atoms with Gasteiger partial charge in [0.15, 0.2) is 11.6 Å². The molecule has 0 aliphatic rings. The van der Waals surface area contributed by atoms with Crippen LogP contribution in [0, 0.1) is 47.2 Å². The van der Waals surface area contributed by atoms with Crippen LogP contribution < -0.4 is 0 Å². The Balaban J connectivity index is 1.61. The van der Waals surface area contributed by atoms with Gasteiger partial charge in [0.2, 0.25) is 0 Å². The number of aliphatic imine (C=N–C) groups is 1. The molecule has 3 rings (SSSR count). The third kappa shape index (κ3) is 8.37. The van der Waals surface area contributed by atoms with E-state index >= 15 is 0 Å². The fraction of sp³-hybridized carbons (Fsp3) is 0.194. The lowest BCUT2D eigenvalue weighted by atomic mass is 10.1. The minimum atomic E-state index is -0.834. The normalized spacial score (nSPS) is 9.46. The average molecular weight is 480 g/mol. The van der Waals surface area contributed by atoms with Gasteiger partial charge in [-0.1, -0.05) is 61.7 Å². The van der Waals surface area contributed by atoms with Gasteiger partial charge in [-0.15, -0.1) is 0 Å². The molecule has 0 bridgehead atoms. The number of rotatable bonds is 5. The number of benzene rings is 3. The van der Waals surface area contributed by atoms with Crippen molar-refractivity contribution in [2.75, 3.05) is 0 Å². The summed E-state index contributed by atoms with van der Waals surface area (Å²) in [6.07, 6.45) is 5.84. The Hall–Kier alpha value is -4.00. The molecule has 0 aliphatic carbocycles. The molecular formula is C31H23F2NS. The lowest BCUT2D eigenvalue weighted by Crippen LogP contribution is -1.86. The smallest absolute Gasteiger partial charge is 0.153 e. The zero-order valence-electron chi connectivity index (χ0n) is 19.4. The third-order valence-corrected chi connectivity index (χ3v) is 5.13. The van der Waals surface area contributed by atoms with Crippen LogP contribution >= 0.6 is 12.2 Å². The fourth-order valence-electron chi connectivity index (χ4n) is 3.16. The highest BCUT2D eigenvalue weighted by Crippen LogP contribution is 2.23. The highest BCUT2D eigenvalue weighted by atomic mass is 32.1. The molecule has 0 unspecified atom stereocenters. The van der Waals surface area contributed by atoms with Gasteiger partial charge >= 0.3 is 0 Å². The number of halogens is 2. The Bertz CT molecular complexity index is 1370. The van der Waals surface area contributed by atoms with Crippen LogP contribution in [-0.2, 0) is 0 Å². The molecule has 3 aromatic rings. The number of thiocarbonyl (C=S) groups is 1. The molecule has 172 valence electrons. The topological polar surface area (TPSA) is 12.4 Å². The largest absolute Gasteiger partial charge is 0.204 e. The van der Waals surface area contributed by atoms with Crippen molar-refractivity contribution in [2.24, 2.45) is 4.99 Å². The Morgan fingerprint density at radius 3 is 1.57 bits per heavy atom. The van der Waals surface area contributed by atoms with E-state index in [1.54, 1.807) is 0 Å². The molecule has 0 fully saturated rings. The van der Waals surface area contributed by atoms with E-state index in [2.05, 4.69) is 59.7 Å². The first-order valence-electron chi connectivity index (χ1n) is 11.4. The maximum absolute atomic E-state index is 13.9. The van der Waals surface area contributed by atoms with E-state index in [9.17, 15) is 8.78 Å². The Morgan fingerprint density at radius 1 is 0.657 bits per heavy atom. The predicted octanol–water partition coefficient (Wildman–Crippen LogP) is 7.82. The number of hydrogen-bond acceptors (Lipinski definition) is 2. The number of unbranched alkanes of at least 4 members (excludes halogenated alkanes) is 4. The van der Waals surface area contributed by atoms with Crippen LogP contribution in [0.25, 0.3) is 0 Å². The monoisotopic (exact) mass is 479 g/mol. The van der Waals surface area contributed by atoms with Gasteiger partial charge in [-0.2, -0.15) is 4.99 Å². The molecule has 0 heterocycles. The highest BCUT2D eigenvalue weighted by Gasteiger charge is 2.09. The summed E-state index contributed by atoms with van der Waals surface area (Å²) in [6.45, 7) is 2.21. The minimum absolute atomic E-state index is 0.205. The molecule has 0 aromatic heterocycles. The van der Waals surface area contributed by atoms with Crippen molar-refractivity contribution >= 4 is 23.1 Å². The van der Waals surface area contributed by atoms with E-state index in [1.165, 1.54) is 19.3 Å². The number of isothiocyanates is 1. The molecule has 0 saturated heterocycles. The molecule has 0 radical (unpaired) electrons. The lowest BCUT2D eigenvalue weighted by molar-refractivity contribution is 0.587. The molecule has 4 heteroatoms. The van der Waals surface area contributed by atoms with Gasteiger partial charge in [0, 0.05) is 34.2 Å². The van der Waals surface area contributed by atoms with Gasteiger partial charge in [0.25, 0.3) is 0 Å². The third-order valence-electron chi connectivity index (χ3n) is 5.03. The molecule has 0 aliphatic heterocycles. The quantitative estimate of drug-likeness (QED) is 0.157. The summed E-state index contributed by atoms with van der Waals surface area (Å²) >= 11 is 4.40. The summed E-state index contributed by atoms with van der Waals surface area (Å²) in [6, 6.07) is 17.5. The van der Waals surface area contributed by atoms with Crippen molar-refractivity contribution in [3.05, 3.63) is 100 Å². The molecular weight excluding hydrogens is 456 g/mol. The summed E-state index contributed by atoms with van der Waals surface area (Å²) in [4.78, 5) is 3.39. The van der Waals surface area contributed by atoms with Crippen molar-refractivity contribution < 1.29 is 8.78 Å². The van der Waals surface area contributed by atoms with Crippen LogP contribution in [0.3, 0.4) is 0 Å². The zero-order chi connectivity index (χ0) is 24.9. The Kier molecular flexibility index (Phi) is 9.99. The molecule has 0 saturated carbocycles. The second-order valence-electron chi connectivity index (χ2n) is 7.76. The second kappa shape index (κ2) is 13.6. The average Bonchev–Trinajstić information content (AvgIpc) is 2.87. The molecule has 1 nitrogen and oxygen atoms in total. The van der Waals surface area contributed by atoms with Crippen LogP contribution in [0.2, 0.25) is 0 Å². The minimum Gasteiger partial charge on any atom is -0.204 e. The molecule has 0 N–H and O–H groups in total. The maximum Gasteiger partial charge on any atom is 0.153 e. The van der Waals surface area contributed by atoms with Gasteiger partial charge in [-0.05, 0) is 79.3 Å². The SMILES string of the molecule is CCCCCCC#Cc1ccc(C#Cc2ccc(C#Cc3cc(F)c(N=C=S)c(F)c3)cc2)cc1. The van der Waals surface area contributed by atoms with Crippen LogP contribution in [0.4, 0.5) is 14.5 Å². The Labute approximate surface area is 211 Å². The summed E-state index contributed by atoms with van der Waals surface area (Å²) in [5.41, 5.74) is 3.19. The van der Waals surface area contributed by atoms with Crippen molar-refractivity contribution in [3.8, 4) is 35.5 Å². The van der Waals surface area contributed by atoms with Gasteiger partial charge < -0.3 is 0 Å². The molecule has 0 amide bonds. The zero-order valence-corrected chi connectivity index (χ0v) is 20.2. The van der Waals surface area contributed by atoms with E-state index in [4.69, 9.17) is 0 Å². The standard InChI is InChI=1S/C31H23F2NS/c1-2-3-4-5-6-7-8-24-9-11-25(12-10-24)13-14-26-15-17-27(18-16-26)19-20-28-21-29(32)31(34-23-35)30(33)22-28/h9-12,15-18,21-22H,2-6H2,1H3. The fourth-order valence-corrected chi connectivity index (χ4v) is 3.25. The van der Waals surface area contributed by atoms with Crippen molar-refractivity contribution in [2.45, 2.75) is 39.0 Å². The molecule has 35 heavy (non-hydrogen) atoms. The number of hydrogen-bond donors (Lipinski definition) is 0. The lowest BCUT2D eigenvalue weighted by Gasteiger charge is -1.98. The Morgan fingerprint density at radius 2 is 1.11 bits per heavy atom. The van der Waals surface area contributed by atoms with Crippen LogP contribution in [0.1, 0.15) is 66.8 Å². The maximum atomic E-state index is 13.9. The summed E-state index contributed by atoms with van der Waals surface area (Å²) in [7, 11) is 0. The van der Waals surface area contributed by atoms with E-state index in [-0.39, 0.29) is 5.56 Å². The van der Waals surface area contributed by atoms with Gasteiger partial charge in [-0.3, -0.25) is 0 Å². The van der Waals surface area contributed by atoms with Crippen LogP contribution in [0.5, 0.6) is 0 Å². The van der Waals surface area contributed by atoms with Crippen molar-refractivity contribution in [3.63, 3.8) is 0 Å². The summed E-state index contributed by atoms with van der Waals surface area (Å²) < 4.78 is 27.8. The van der Waals surface area contributed by atoms with Crippen molar-refractivity contribution in [1.82, 2.24) is 0 Å².